The first kappa shape index (κ1) is 17.1. The summed E-state index contributed by atoms with van der Waals surface area (Å²) in [4.78, 5) is 30.5. The fraction of sp³-hybridized carbons (Fsp3) is 0.190. The maximum atomic E-state index is 13.1. The molecule has 5 rings (SSSR count). The minimum absolute atomic E-state index is 0.0722. The Morgan fingerprint density at radius 3 is 2.75 bits per heavy atom. The first-order valence-electron chi connectivity index (χ1n) is 9.17. The van der Waals surface area contributed by atoms with Crippen LogP contribution in [0.2, 0.25) is 0 Å². The highest BCUT2D eigenvalue weighted by molar-refractivity contribution is 7.99. The van der Waals surface area contributed by atoms with Crippen molar-refractivity contribution in [2.24, 2.45) is 0 Å². The van der Waals surface area contributed by atoms with E-state index in [1.807, 2.05) is 54.6 Å². The van der Waals surface area contributed by atoms with Crippen molar-refractivity contribution >= 4 is 39.6 Å². The predicted octanol–water partition coefficient (Wildman–Crippen LogP) is 2.77. The van der Waals surface area contributed by atoms with Crippen molar-refractivity contribution in [2.45, 2.75) is 24.8 Å². The van der Waals surface area contributed by atoms with Gasteiger partial charge in [0.15, 0.2) is 5.16 Å². The van der Waals surface area contributed by atoms with Gasteiger partial charge in [-0.05, 0) is 11.6 Å². The third-order valence-electron chi connectivity index (χ3n) is 5.01. The maximum absolute atomic E-state index is 13.1. The van der Waals surface area contributed by atoms with Gasteiger partial charge in [-0.15, -0.1) is 0 Å². The Kier molecular flexibility index (Phi) is 4.16. The molecule has 1 aliphatic rings. The lowest BCUT2D eigenvalue weighted by atomic mass is 10.2. The standard InChI is InChI=1S/C21H18N4O2S/c26-17(22-12-14-6-2-1-3-7-14)13-25-16-9-5-4-8-15(16)18-19(25)20(27)24-10-11-28-21(24)23-18/h1-9H,10-13H2,(H,22,26). The monoisotopic (exact) mass is 390 g/mol. The largest absolute Gasteiger partial charge is 0.350 e. The van der Waals surface area contributed by atoms with Gasteiger partial charge in [0.2, 0.25) is 5.91 Å². The van der Waals surface area contributed by atoms with Crippen molar-refractivity contribution < 1.29 is 4.79 Å². The van der Waals surface area contributed by atoms with Crippen LogP contribution in [-0.4, -0.2) is 25.8 Å². The Hall–Kier alpha value is -3.06. The Morgan fingerprint density at radius 2 is 1.89 bits per heavy atom. The van der Waals surface area contributed by atoms with Crippen molar-refractivity contribution in [1.82, 2.24) is 19.4 Å². The molecule has 2 aromatic heterocycles. The number of nitrogens with one attached hydrogen (secondary N) is 1. The van der Waals surface area contributed by atoms with Gasteiger partial charge in [0.25, 0.3) is 5.56 Å². The minimum Gasteiger partial charge on any atom is -0.350 e. The van der Waals surface area contributed by atoms with E-state index in [-0.39, 0.29) is 18.0 Å². The first-order chi connectivity index (χ1) is 13.7. The van der Waals surface area contributed by atoms with E-state index in [1.54, 1.807) is 20.9 Å². The third kappa shape index (κ3) is 2.79. The topological polar surface area (TPSA) is 68.9 Å². The fourth-order valence-corrected chi connectivity index (χ4v) is 4.62. The molecule has 28 heavy (non-hydrogen) atoms. The molecule has 0 saturated carbocycles. The van der Waals surface area contributed by atoms with Crippen molar-refractivity contribution in [3.63, 3.8) is 0 Å². The van der Waals surface area contributed by atoms with Crippen LogP contribution >= 0.6 is 11.8 Å². The van der Waals surface area contributed by atoms with E-state index in [0.717, 1.165) is 27.4 Å². The molecule has 3 heterocycles. The summed E-state index contributed by atoms with van der Waals surface area (Å²) < 4.78 is 3.51. The number of nitrogens with zero attached hydrogens (tertiary/aromatic N) is 3. The van der Waals surface area contributed by atoms with Crippen LogP contribution in [-0.2, 0) is 24.4 Å². The molecule has 0 fully saturated rings. The third-order valence-corrected chi connectivity index (χ3v) is 5.97. The van der Waals surface area contributed by atoms with E-state index >= 15 is 0 Å². The molecule has 1 N–H and O–H groups in total. The molecular weight excluding hydrogens is 372 g/mol. The maximum Gasteiger partial charge on any atom is 0.278 e. The zero-order valence-electron chi connectivity index (χ0n) is 15.1. The number of carbonyl (C=O) groups excluding carboxylic acids is 1. The minimum atomic E-state index is -0.134. The van der Waals surface area contributed by atoms with Gasteiger partial charge in [-0.3, -0.25) is 14.2 Å². The number of para-hydroxylation sites is 1. The smallest absolute Gasteiger partial charge is 0.278 e. The lowest BCUT2D eigenvalue weighted by Gasteiger charge is -2.09. The van der Waals surface area contributed by atoms with Crippen LogP contribution in [0.3, 0.4) is 0 Å². The Balaban J connectivity index is 1.56. The highest BCUT2D eigenvalue weighted by atomic mass is 32.2. The number of carbonyl (C=O) groups is 1. The lowest BCUT2D eigenvalue weighted by Crippen LogP contribution is -2.29. The van der Waals surface area contributed by atoms with Crippen LogP contribution < -0.4 is 10.9 Å². The number of benzene rings is 2. The molecule has 4 aromatic rings. The van der Waals surface area contributed by atoms with E-state index < -0.39 is 0 Å². The fourth-order valence-electron chi connectivity index (χ4n) is 3.68. The number of amides is 1. The van der Waals surface area contributed by atoms with Crippen LogP contribution in [0.1, 0.15) is 5.56 Å². The molecule has 0 bridgehead atoms. The summed E-state index contributed by atoms with van der Waals surface area (Å²) in [6, 6.07) is 17.5. The average Bonchev–Trinajstić information content (AvgIpc) is 3.32. The second-order valence-corrected chi connectivity index (χ2v) is 7.82. The van der Waals surface area contributed by atoms with E-state index in [9.17, 15) is 9.59 Å². The molecule has 140 valence electrons. The normalized spacial score (nSPS) is 13.1. The van der Waals surface area contributed by atoms with E-state index in [0.29, 0.717) is 24.1 Å². The summed E-state index contributed by atoms with van der Waals surface area (Å²) in [5, 5.41) is 4.61. The highest BCUT2D eigenvalue weighted by Gasteiger charge is 2.23. The highest BCUT2D eigenvalue weighted by Crippen LogP contribution is 2.29. The molecule has 0 unspecified atom stereocenters. The molecular formula is C21H18N4O2S. The van der Waals surface area contributed by atoms with Gasteiger partial charge in [-0.1, -0.05) is 60.3 Å². The van der Waals surface area contributed by atoms with Crippen LogP contribution in [0.4, 0.5) is 0 Å². The van der Waals surface area contributed by atoms with Crippen molar-refractivity contribution in [3.8, 4) is 0 Å². The summed E-state index contributed by atoms with van der Waals surface area (Å²) in [7, 11) is 0. The molecule has 1 amide bonds. The molecule has 0 atom stereocenters. The number of hydrogen-bond acceptors (Lipinski definition) is 4. The van der Waals surface area contributed by atoms with Gasteiger partial charge in [0.1, 0.15) is 17.6 Å². The van der Waals surface area contributed by atoms with Gasteiger partial charge in [0, 0.05) is 24.2 Å². The first-order valence-corrected chi connectivity index (χ1v) is 10.2. The zero-order valence-corrected chi connectivity index (χ0v) is 15.9. The number of fused-ring (bicyclic) bond motifs is 4. The van der Waals surface area contributed by atoms with E-state index in [4.69, 9.17) is 4.98 Å². The molecule has 2 aromatic carbocycles. The average molecular weight is 390 g/mol. The molecule has 0 aliphatic carbocycles. The van der Waals surface area contributed by atoms with E-state index in [2.05, 4.69) is 5.32 Å². The second kappa shape index (κ2) is 6.83. The van der Waals surface area contributed by atoms with Crippen molar-refractivity contribution in [1.29, 1.82) is 0 Å². The number of rotatable bonds is 4. The molecule has 7 heteroatoms. The van der Waals surface area contributed by atoms with Gasteiger partial charge in [0.05, 0.1) is 5.52 Å². The van der Waals surface area contributed by atoms with E-state index in [1.165, 1.54) is 0 Å². The molecule has 0 spiro atoms. The Morgan fingerprint density at radius 1 is 1.11 bits per heavy atom. The Bertz CT molecular complexity index is 1260. The summed E-state index contributed by atoms with van der Waals surface area (Å²) in [5.74, 6) is 0.718. The number of aromatic nitrogens is 3. The van der Waals surface area contributed by atoms with Crippen molar-refractivity contribution in [2.75, 3.05) is 5.75 Å². The summed E-state index contributed by atoms with van der Waals surface area (Å²) >= 11 is 1.60. The summed E-state index contributed by atoms with van der Waals surface area (Å²) in [5.41, 5.74) is 3.00. The zero-order chi connectivity index (χ0) is 19.1. The molecule has 6 nitrogen and oxygen atoms in total. The molecule has 0 radical (unpaired) electrons. The number of thioether (sulfide) groups is 1. The van der Waals surface area contributed by atoms with Gasteiger partial charge in [-0.2, -0.15) is 0 Å². The predicted molar refractivity (Wildman–Crippen MR) is 111 cm³/mol. The molecule has 0 saturated heterocycles. The van der Waals surface area contributed by atoms with Crippen molar-refractivity contribution in [3.05, 3.63) is 70.5 Å². The summed E-state index contributed by atoms with van der Waals surface area (Å²) in [6.45, 7) is 1.20. The SMILES string of the molecule is O=C(Cn1c2ccccc2c2nc3n(c(=O)c21)CCS3)NCc1ccccc1. The number of hydrogen-bond donors (Lipinski definition) is 1. The Labute approximate surface area is 165 Å². The summed E-state index contributed by atoms with van der Waals surface area (Å²) in [6.07, 6.45) is 0. The van der Waals surface area contributed by atoms with Gasteiger partial charge < -0.3 is 9.88 Å². The lowest BCUT2D eigenvalue weighted by molar-refractivity contribution is -0.121. The van der Waals surface area contributed by atoms with Crippen LogP contribution in [0.5, 0.6) is 0 Å². The second-order valence-electron chi connectivity index (χ2n) is 6.76. The van der Waals surface area contributed by atoms with Gasteiger partial charge >= 0.3 is 0 Å². The van der Waals surface area contributed by atoms with Gasteiger partial charge in [-0.25, -0.2) is 4.98 Å². The quantitative estimate of drug-likeness (QED) is 0.544. The van der Waals surface area contributed by atoms with Crippen LogP contribution in [0.15, 0.2) is 64.5 Å². The van der Waals surface area contributed by atoms with Crippen LogP contribution in [0.25, 0.3) is 21.9 Å². The molecule has 1 aliphatic heterocycles. The van der Waals surface area contributed by atoms with Crippen LogP contribution in [0, 0.1) is 0 Å².